The van der Waals surface area contributed by atoms with E-state index in [1.165, 1.54) is 5.56 Å². The number of methoxy groups -OCH3 is 1. The summed E-state index contributed by atoms with van der Waals surface area (Å²) in [6, 6.07) is 7.66. The maximum absolute atomic E-state index is 12.6. The van der Waals surface area contributed by atoms with Crippen molar-refractivity contribution in [2.45, 2.75) is 32.9 Å². The molecule has 0 saturated carbocycles. The van der Waals surface area contributed by atoms with E-state index in [1.807, 2.05) is 49.2 Å². The molecule has 6 heteroatoms. The van der Waals surface area contributed by atoms with Crippen molar-refractivity contribution in [3.63, 3.8) is 0 Å². The monoisotopic (exact) mass is 343 g/mol. The molecule has 1 amide bonds. The number of nitrogens with zero attached hydrogens (tertiary/aromatic N) is 3. The van der Waals surface area contributed by atoms with E-state index in [0.717, 1.165) is 24.5 Å². The number of benzene rings is 1. The van der Waals surface area contributed by atoms with Crippen molar-refractivity contribution in [2.75, 3.05) is 26.9 Å². The molecule has 6 nitrogen and oxygen atoms in total. The van der Waals surface area contributed by atoms with E-state index in [-0.39, 0.29) is 18.6 Å². The van der Waals surface area contributed by atoms with Crippen molar-refractivity contribution >= 4 is 5.91 Å². The molecule has 1 aromatic heterocycles. The quantitative estimate of drug-likeness (QED) is 0.808. The van der Waals surface area contributed by atoms with Crippen LogP contribution in [0, 0.1) is 6.92 Å². The van der Waals surface area contributed by atoms with Crippen molar-refractivity contribution in [1.29, 1.82) is 0 Å². The lowest BCUT2D eigenvalue weighted by atomic mass is 10.2. The van der Waals surface area contributed by atoms with Gasteiger partial charge >= 0.3 is 0 Å². The van der Waals surface area contributed by atoms with Crippen LogP contribution in [0.25, 0.3) is 0 Å². The number of fused-ring (bicyclic) bond motifs is 1. The maximum Gasteiger partial charge on any atom is 0.261 e. The number of imidazole rings is 1. The third-order valence-electron chi connectivity index (χ3n) is 4.64. The lowest BCUT2D eigenvalue weighted by Crippen LogP contribution is -2.43. The lowest BCUT2D eigenvalue weighted by Gasteiger charge is -2.34. The SMILES string of the molecule is COCCc1cnc2n1CCN(C(=O)COc1ccc(C)cc1)[C@@H]2C. The van der Waals surface area contributed by atoms with Crippen LogP contribution in [0.15, 0.2) is 30.5 Å². The number of aromatic nitrogens is 2. The molecule has 1 atom stereocenters. The van der Waals surface area contributed by atoms with Crippen LogP contribution in [-0.4, -0.2) is 47.2 Å². The first-order valence-electron chi connectivity index (χ1n) is 8.62. The first-order chi connectivity index (χ1) is 12.1. The van der Waals surface area contributed by atoms with Gasteiger partial charge in [0.05, 0.1) is 12.6 Å². The average Bonchev–Trinajstić information content (AvgIpc) is 3.03. The molecular weight excluding hydrogens is 318 g/mol. The van der Waals surface area contributed by atoms with Gasteiger partial charge in [0.1, 0.15) is 11.6 Å². The Hall–Kier alpha value is -2.34. The van der Waals surface area contributed by atoms with Crippen LogP contribution >= 0.6 is 0 Å². The molecule has 0 unspecified atom stereocenters. The highest BCUT2D eigenvalue weighted by Gasteiger charge is 2.30. The second-order valence-electron chi connectivity index (χ2n) is 6.37. The second kappa shape index (κ2) is 7.70. The van der Waals surface area contributed by atoms with Gasteiger partial charge in [0, 0.05) is 38.5 Å². The average molecular weight is 343 g/mol. The molecular formula is C19H25N3O3. The van der Waals surface area contributed by atoms with Crippen molar-refractivity contribution in [3.8, 4) is 5.75 Å². The first-order valence-corrected chi connectivity index (χ1v) is 8.62. The summed E-state index contributed by atoms with van der Waals surface area (Å²) >= 11 is 0. The minimum atomic E-state index is -0.0563. The zero-order valence-corrected chi connectivity index (χ0v) is 15.1. The largest absolute Gasteiger partial charge is 0.484 e. The van der Waals surface area contributed by atoms with Crippen molar-refractivity contribution < 1.29 is 14.3 Å². The molecule has 0 radical (unpaired) electrons. The van der Waals surface area contributed by atoms with Crippen LogP contribution in [0.2, 0.25) is 0 Å². The summed E-state index contributed by atoms with van der Waals surface area (Å²) in [4.78, 5) is 18.9. The Balaban J connectivity index is 1.62. The molecule has 0 spiro atoms. The third kappa shape index (κ3) is 3.85. The predicted octanol–water partition coefficient (Wildman–Crippen LogP) is 2.36. The number of amides is 1. The highest BCUT2D eigenvalue weighted by molar-refractivity contribution is 5.78. The number of carbonyl (C=O) groups is 1. The maximum atomic E-state index is 12.6. The van der Waals surface area contributed by atoms with E-state index >= 15 is 0 Å². The summed E-state index contributed by atoms with van der Waals surface area (Å²) in [5, 5.41) is 0. The Morgan fingerprint density at radius 2 is 2.04 bits per heavy atom. The zero-order chi connectivity index (χ0) is 17.8. The Morgan fingerprint density at radius 3 is 2.76 bits per heavy atom. The van der Waals surface area contributed by atoms with E-state index in [0.29, 0.717) is 18.9 Å². The third-order valence-corrected chi connectivity index (χ3v) is 4.64. The molecule has 1 aromatic carbocycles. The Kier molecular flexibility index (Phi) is 5.38. The lowest BCUT2D eigenvalue weighted by molar-refractivity contribution is -0.136. The van der Waals surface area contributed by atoms with Crippen LogP contribution in [-0.2, 0) is 22.5 Å². The fraction of sp³-hybridized carbons (Fsp3) is 0.474. The summed E-state index contributed by atoms with van der Waals surface area (Å²) < 4.78 is 13.0. The second-order valence-corrected chi connectivity index (χ2v) is 6.37. The minimum absolute atomic E-state index is 0.0132. The number of aryl methyl sites for hydroxylation is 1. The number of ether oxygens (including phenoxy) is 2. The molecule has 2 heterocycles. The zero-order valence-electron chi connectivity index (χ0n) is 15.1. The van der Waals surface area contributed by atoms with Crippen molar-refractivity contribution in [1.82, 2.24) is 14.5 Å². The number of carbonyl (C=O) groups excluding carboxylic acids is 1. The van der Waals surface area contributed by atoms with E-state index in [2.05, 4.69) is 9.55 Å². The molecule has 0 N–H and O–H groups in total. The fourth-order valence-corrected chi connectivity index (χ4v) is 3.17. The highest BCUT2D eigenvalue weighted by Crippen LogP contribution is 2.25. The number of hydrogen-bond donors (Lipinski definition) is 0. The molecule has 0 fully saturated rings. The standard InChI is InChI=1S/C19H25N3O3/c1-14-4-6-17(7-5-14)25-13-18(23)21-9-10-22-16(8-11-24-3)12-20-19(22)15(21)2/h4-7,12,15H,8-11,13H2,1-3H3/t15-/m1/s1. The van der Waals surface area contributed by atoms with Crippen LogP contribution in [0.3, 0.4) is 0 Å². The number of hydrogen-bond acceptors (Lipinski definition) is 4. The molecule has 1 aliphatic rings. The van der Waals surface area contributed by atoms with E-state index in [4.69, 9.17) is 9.47 Å². The van der Waals surface area contributed by atoms with Gasteiger partial charge in [-0.05, 0) is 26.0 Å². The Bertz CT molecular complexity index is 724. The van der Waals surface area contributed by atoms with Gasteiger partial charge in [-0.2, -0.15) is 0 Å². The van der Waals surface area contributed by atoms with Crippen molar-refractivity contribution in [2.24, 2.45) is 0 Å². The molecule has 3 rings (SSSR count). The first kappa shape index (κ1) is 17.5. The molecule has 25 heavy (non-hydrogen) atoms. The Labute approximate surface area is 148 Å². The minimum Gasteiger partial charge on any atom is -0.484 e. The van der Waals surface area contributed by atoms with Gasteiger partial charge in [-0.3, -0.25) is 4.79 Å². The fourth-order valence-electron chi connectivity index (χ4n) is 3.17. The van der Waals surface area contributed by atoms with Crippen LogP contribution in [0.1, 0.15) is 30.0 Å². The summed E-state index contributed by atoms with van der Waals surface area (Å²) in [6.45, 7) is 6.18. The molecule has 0 aliphatic carbocycles. The van der Waals surface area contributed by atoms with E-state index in [1.54, 1.807) is 7.11 Å². The highest BCUT2D eigenvalue weighted by atomic mass is 16.5. The van der Waals surface area contributed by atoms with Crippen LogP contribution < -0.4 is 4.74 Å². The Morgan fingerprint density at radius 1 is 1.28 bits per heavy atom. The van der Waals surface area contributed by atoms with E-state index in [9.17, 15) is 4.79 Å². The molecule has 0 bridgehead atoms. The van der Waals surface area contributed by atoms with E-state index < -0.39 is 0 Å². The molecule has 1 aliphatic heterocycles. The van der Waals surface area contributed by atoms with Crippen LogP contribution in [0.5, 0.6) is 5.75 Å². The van der Waals surface area contributed by atoms with Crippen LogP contribution in [0.4, 0.5) is 0 Å². The topological polar surface area (TPSA) is 56.6 Å². The van der Waals surface area contributed by atoms with Gasteiger partial charge in [0.25, 0.3) is 5.91 Å². The normalized spacial score (nSPS) is 16.6. The summed E-state index contributed by atoms with van der Waals surface area (Å²) in [5.74, 6) is 1.63. The number of rotatable bonds is 6. The van der Waals surface area contributed by atoms with Gasteiger partial charge in [-0.25, -0.2) is 4.98 Å². The van der Waals surface area contributed by atoms with Gasteiger partial charge in [0.2, 0.25) is 0 Å². The van der Waals surface area contributed by atoms with Gasteiger partial charge in [-0.15, -0.1) is 0 Å². The smallest absolute Gasteiger partial charge is 0.261 e. The summed E-state index contributed by atoms with van der Waals surface area (Å²) in [7, 11) is 1.70. The van der Waals surface area contributed by atoms with Gasteiger partial charge in [0.15, 0.2) is 6.61 Å². The summed E-state index contributed by atoms with van der Waals surface area (Å²) in [5.41, 5.74) is 2.33. The predicted molar refractivity (Wildman–Crippen MR) is 94.6 cm³/mol. The van der Waals surface area contributed by atoms with Gasteiger partial charge < -0.3 is 18.9 Å². The molecule has 0 saturated heterocycles. The summed E-state index contributed by atoms with van der Waals surface area (Å²) in [6.07, 6.45) is 2.72. The van der Waals surface area contributed by atoms with Crippen molar-refractivity contribution in [3.05, 3.63) is 47.5 Å². The molecule has 134 valence electrons. The van der Waals surface area contributed by atoms with Gasteiger partial charge in [-0.1, -0.05) is 17.7 Å². The molecule has 2 aromatic rings.